The monoisotopic (exact) mass is 267 g/mol. The Kier molecular flexibility index (Phi) is 5.23. The first-order valence-electron chi connectivity index (χ1n) is 5.95. The Bertz CT molecular complexity index is 445. The van der Waals surface area contributed by atoms with Crippen LogP contribution < -0.4 is 5.32 Å². The van der Waals surface area contributed by atoms with Gasteiger partial charge in [-0.25, -0.2) is 4.98 Å². The molecular formula is C12H17N3O4. The van der Waals surface area contributed by atoms with Crippen LogP contribution in [-0.2, 0) is 9.53 Å². The van der Waals surface area contributed by atoms with Crippen molar-refractivity contribution >= 4 is 17.5 Å². The summed E-state index contributed by atoms with van der Waals surface area (Å²) in [7, 11) is 0. The molecule has 1 aromatic heterocycles. The summed E-state index contributed by atoms with van der Waals surface area (Å²) in [5.74, 6) is -0.126. The molecule has 0 aliphatic rings. The van der Waals surface area contributed by atoms with Crippen molar-refractivity contribution in [3.63, 3.8) is 0 Å². The van der Waals surface area contributed by atoms with Crippen LogP contribution in [0.25, 0.3) is 0 Å². The molecule has 1 unspecified atom stereocenters. The van der Waals surface area contributed by atoms with Crippen LogP contribution in [0.2, 0.25) is 0 Å². The van der Waals surface area contributed by atoms with Crippen molar-refractivity contribution in [2.75, 3.05) is 11.9 Å². The first kappa shape index (κ1) is 14.9. The van der Waals surface area contributed by atoms with E-state index >= 15 is 0 Å². The van der Waals surface area contributed by atoms with Crippen LogP contribution in [0, 0.1) is 16.0 Å². The van der Waals surface area contributed by atoms with Crippen LogP contribution in [0.15, 0.2) is 18.3 Å². The number of ether oxygens (including phenoxy) is 1. The topological polar surface area (TPSA) is 94.4 Å². The first-order valence-corrected chi connectivity index (χ1v) is 5.95. The lowest BCUT2D eigenvalue weighted by molar-refractivity contribution is -0.385. The van der Waals surface area contributed by atoms with E-state index in [1.54, 1.807) is 20.8 Å². The first-order chi connectivity index (χ1) is 8.90. The molecular weight excluding hydrogens is 250 g/mol. The van der Waals surface area contributed by atoms with Crippen LogP contribution in [0.5, 0.6) is 0 Å². The Morgan fingerprint density at radius 2 is 2.16 bits per heavy atom. The average molecular weight is 267 g/mol. The van der Waals surface area contributed by atoms with E-state index in [4.69, 9.17) is 4.74 Å². The highest BCUT2D eigenvalue weighted by Gasteiger charge is 2.15. The molecule has 0 aliphatic carbocycles. The summed E-state index contributed by atoms with van der Waals surface area (Å²) < 4.78 is 5.06. The Morgan fingerprint density at radius 1 is 1.47 bits per heavy atom. The molecule has 7 nitrogen and oxygen atoms in total. The van der Waals surface area contributed by atoms with Crippen molar-refractivity contribution in [1.29, 1.82) is 0 Å². The van der Waals surface area contributed by atoms with Gasteiger partial charge in [0.05, 0.1) is 16.9 Å². The number of hydrogen-bond acceptors (Lipinski definition) is 6. The number of nitrogens with one attached hydrogen (secondary N) is 1. The van der Waals surface area contributed by atoms with E-state index in [1.165, 1.54) is 18.3 Å². The minimum absolute atomic E-state index is 0.0715. The summed E-state index contributed by atoms with van der Waals surface area (Å²) in [6.45, 7) is 5.67. The van der Waals surface area contributed by atoms with Crippen LogP contribution in [0.1, 0.15) is 20.8 Å². The second-order valence-corrected chi connectivity index (χ2v) is 4.43. The van der Waals surface area contributed by atoms with Crippen molar-refractivity contribution in [2.45, 2.75) is 26.9 Å². The van der Waals surface area contributed by atoms with Crippen molar-refractivity contribution in [3.8, 4) is 0 Å². The van der Waals surface area contributed by atoms with E-state index in [0.29, 0.717) is 12.4 Å². The molecule has 0 spiro atoms. The Morgan fingerprint density at radius 3 is 2.63 bits per heavy atom. The molecule has 0 fully saturated rings. The lowest BCUT2D eigenvalue weighted by atomic mass is 10.2. The smallest absolute Gasteiger partial charge is 0.310 e. The number of aromatic nitrogens is 1. The molecule has 1 aromatic rings. The van der Waals surface area contributed by atoms with E-state index in [2.05, 4.69) is 10.3 Å². The number of nitrogens with zero attached hydrogens (tertiary/aromatic N) is 2. The van der Waals surface area contributed by atoms with Gasteiger partial charge < -0.3 is 10.1 Å². The minimum Gasteiger partial charge on any atom is -0.463 e. The Balaban J connectivity index is 2.48. The predicted molar refractivity (Wildman–Crippen MR) is 69.8 cm³/mol. The Hall–Kier alpha value is -2.18. The summed E-state index contributed by atoms with van der Waals surface area (Å²) in [6.07, 6.45) is 1.02. The molecule has 7 heteroatoms. The van der Waals surface area contributed by atoms with Crippen molar-refractivity contribution < 1.29 is 14.5 Å². The summed E-state index contributed by atoms with van der Waals surface area (Å²) in [4.78, 5) is 25.4. The molecule has 0 radical (unpaired) electrons. The van der Waals surface area contributed by atoms with E-state index < -0.39 is 4.92 Å². The van der Waals surface area contributed by atoms with Crippen molar-refractivity contribution in [2.24, 2.45) is 5.92 Å². The third kappa shape index (κ3) is 4.90. The maximum Gasteiger partial charge on any atom is 0.310 e. The summed E-state index contributed by atoms with van der Waals surface area (Å²) in [6, 6.07) is 2.85. The zero-order valence-corrected chi connectivity index (χ0v) is 11.1. The molecule has 104 valence electrons. The zero-order chi connectivity index (χ0) is 14.4. The average Bonchev–Trinajstić information content (AvgIpc) is 2.35. The lowest BCUT2D eigenvalue weighted by Gasteiger charge is -2.14. The molecule has 1 rings (SSSR count). The van der Waals surface area contributed by atoms with E-state index in [9.17, 15) is 14.9 Å². The maximum atomic E-state index is 11.5. The van der Waals surface area contributed by atoms with Gasteiger partial charge in [-0.15, -0.1) is 0 Å². The van der Waals surface area contributed by atoms with Gasteiger partial charge in [-0.05, 0) is 19.9 Å². The SMILES string of the molecule is CC(C)OC(=O)C(C)CNc1ccc([N+](=O)[O-])cn1. The number of nitro groups is 1. The van der Waals surface area contributed by atoms with Crippen LogP contribution in [-0.4, -0.2) is 28.5 Å². The van der Waals surface area contributed by atoms with Crippen LogP contribution in [0.4, 0.5) is 11.5 Å². The molecule has 0 bridgehead atoms. The normalized spacial score (nSPS) is 12.0. The highest BCUT2D eigenvalue weighted by atomic mass is 16.6. The predicted octanol–water partition coefficient (Wildman–Crippen LogP) is 1.99. The third-order valence-electron chi connectivity index (χ3n) is 2.30. The molecule has 0 saturated heterocycles. The second kappa shape index (κ2) is 6.67. The number of carbonyl (C=O) groups excluding carboxylic acids is 1. The zero-order valence-electron chi connectivity index (χ0n) is 11.1. The number of hydrogen-bond donors (Lipinski definition) is 1. The van der Waals surface area contributed by atoms with Gasteiger partial charge in [0.2, 0.25) is 0 Å². The number of pyridine rings is 1. The Labute approximate surface area is 111 Å². The number of rotatable bonds is 6. The second-order valence-electron chi connectivity index (χ2n) is 4.43. The fraction of sp³-hybridized carbons (Fsp3) is 0.500. The van der Waals surface area contributed by atoms with Gasteiger partial charge >= 0.3 is 5.97 Å². The standard InChI is InChI=1S/C12H17N3O4/c1-8(2)19-12(16)9(3)6-13-11-5-4-10(7-14-11)15(17)18/h4-5,7-9H,6H2,1-3H3,(H,13,14). The molecule has 0 amide bonds. The lowest BCUT2D eigenvalue weighted by Crippen LogP contribution is -2.25. The van der Waals surface area contributed by atoms with Crippen molar-refractivity contribution in [1.82, 2.24) is 4.98 Å². The van der Waals surface area contributed by atoms with Gasteiger partial charge in [0.15, 0.2) is 0 Å². The highest BCUT2D eigenvalue weighted by molar-refractivity contribution is 5.72. The summed E-state index contributed by atoms with van der Waals surface area (Å²) in [5, 5.41) is 13.4. The third-order valence-corrected chi connectivity index (χ3v) is 2.30. The van der Waals surface area contributed by atoms with Crippen LogP contribution in [0.3, 0.4) is 0 Å². The summed E-state index contributed by atoms with van der Waals surface area (Å²) >= 11 is 0. The largest absolute Gasteiger partial charge is 0.463 e. The van der Waals surface area contributed by atoms with Crippen molar-refractivity contribution in [3.05, 3.63) is 28.4 Å². The number of carbonyl (C=O) groups is 1. The molecule has 1 atom stereocenters. The fourth-order valence-electron chi connectivity index (χ4n) is 1.29. The van der Waals surface area contributed by atoms with Gasteiger partial charge in [0.25, 0.3) is 5.69 Å². The molecule has 1 N–H and O–H groups in total. The van der Waals surface area contributed by atoms with Gasteiger partial charge in [-0.2, -0.15) is 0 Å². The van der Waals surface area contributed by atoms with E-state index in [-0.39, 0.29) is 23.7 Å². The molecule has 0 aromatic carbocycles. The number of anilines is 1. The van der Waals surface area contributed by atoms with Gasteiger partial charge in [0.1, 0.15) is 12.0 Å². The van der Waals surface area contributed by atoms with Gasteiger partial charge in [-0.1, -0.05) is 6.92 Å². The number of esters is 1. The quantitative estimate of drug-likeness (QED) is 0.481. The summed E-state index contributed by atoms with van der Waals surface area (Å²) in [5.41, 5.74) is -0.0715. The fourth-order valence-corrected chi connectivity index (χ4v) is 1.29. The van der Waals surface area contributed by atoms with Gasteiger partial charge in [0, 0.05) is 12.6 Å². The highest BCUT2D eigenvalue weighted by Crippen LogP contribution is 2.12. The molecule has 1 heterocycles. The van der Waals surface area contributed by atoms with E-state index in [0.717, 1.165) is 0 Å². The molecule has 0 aliphatic heterocycles. The van der Waals surface area contributed by atoms with Gasteiger partial charge in [-0.3, -0.25) is 14.9 Å². The minimum atomic E-state index is -0.514. The maximum absolute atomic E-state index is 11.5. The molecule has 0 saturated carbocycles. The van der Waals surface area contributed by atoms with E-state index in [1.807, 2.05) is 0 Å². The molecule has 19 heavy (non-hydrogen) atoms. The van der Waals surface area contributed by atoms with Crippen LogP contribution >= 0.6 is 0 Å².